The number of hydrogen-bond acceptors (Lipinski definition) is 2. The van der Waals surface area contributed by atoms with Gasteiger partial charge in [0, 0.05) is 19.4 Å². The minimum Gasteiger partial charge on any atom is -0.392 e. The predicted octanol–water partition coefficient (Wildman–Crippen LogP) is 3.09. The first-order chi connectivity index (χ1) is 9.00. The number of aryl methyl sites for hydroxylation is 2. The highest BCUT2D eigenvalue weighted by Crippen LogP contribution is 2.26. The number of halogens is 1. The van der Waals surface area contributed by atoms with Gasteiger partial charge in [0.2, 0.25) is 0 Å². The highest BCUT2D eigenvalue weighted by Gasteiger charge is 2.20. The summed E-state index contributed by atoms with van der Waals surface area (Å²) < 4.78 is 1.75. The molecular formula is C15H19ClN2O. The fourth-order valence-corrected chi connectivity index (χ4v) is 2.49. The van der Waals surface area contributed by atoms with Gasteiger partial charge in [-0.25, -0.2) is 0 Å². The molecule has 102 valence electrons. The Labute approximate surface area is 118 Å². The Morgan fingerprint density at radius 1 is 1.32 bits per heavy atom. The van der Waals surface area contributed by atoms with Crippen molar-refractivity contribution in [2.75, 3.05) is 0 Å². The van der Waals surface area contributed by atoms with Crippen molar-refractivity contribution in [1.29, 1.82) is 0 Å². The van der Waals surface area contributed by atoms with Crippen LogP contribution in [-0.4, -0.2) is 21.0 Å². The summed E-state index contributed by atoms with van der Waals surface area (Å²) in [5.74, 6) is 0.0625. The Morgan fingerprint density at radius 3 is 2.47 bits per heavy atom. The zero-order valence-corrected chi connectivity index (χ0v) is 12.2. The van der Waals surface area contributed by atoms with Gasteiger partial charge in [0.1, 0.15) is 0 Å². The maximum atomic E-state index is 10.4. The second-order valence-electron chi connectivity index (χ2n) is 4.94. The summed E-state index contributed by atoms with van der Waals surface area (Å²) in [6.07, 6.45) is 0.0291. The summed E-state index contributed by atoms with van der Waals surface area (Å²) in [6, 6.07) is 10.0. The van der Waals surface area contributed by atoms with Crippen LogP contribution in [0.2, 0.25) is 5.02 Å². The molecule has 0 aliphatic carbocycles. The molecule has 0 saturated heterocycles. The zero-order valence-electron chi connectivity index (χ0n) is 11.5. The van der Waals surface area contributed by atoms with Crippen LogP contribution in [0.4, 0.5) is 0 Å². The molecule has 3 nitrogen and oxygen atoms in total. The number of aliphatic hydroxyl groups excluding tert-OH is 1. The number of aromatic nitrogens is 2. The van der Waals surface area contributed by atoms with Gasteiger partial charge >= 0.3 is 0 Å². The molecule has 2 aromatic rings. The van der Waals surface area contributed by atoms with Crippen molar-refractivity contribution >= 4 is 11.6 Å². The molecule has 19 heavy (non-hydrogen) atoms. The van der Waals surface area contributed by atoms with E-state index in [2.05, 4.69) is 5.10 Å². The van der Waals surface area contributed by atoms with Crippen LogP contribution >= 0.6 is 11.6 Å². The van der Waals surface area contributed by atoms with Gasteiger partial charge in [-0.1, -0.05) is 48.9 Å². The normalized spacial score (nSPS) is 14.4. The SMILES string of the molecule is Cc1nn(C)c(CC(O)C(C)c2ccccc2)c1Cl. The fourth-order valence-electron chi connectivity index (χ4n) is 2.26. The van der Waals surface area contributed by atoms with Gasteiger partial charge in [0.25, 0.3) is 0 Å². The second kappa shape index (κ2) is 5.76. The maximum absolute atomic E-state index is 10.4. The smallest absolute Gasteiger partial charge is 0.0847 e. The summed E-state index contributed by atoms with van der Waals surface area (Å²) in [7, 11) is 1.86. The third kappa shape index (κ3) is 2.99. The highest BCUT2D eigenvalue weighted by molar-refractivity contribution is 6.31. The molecular weight excluding hydrogens is 260 g/mol. The van der Waals surface area contributed by atoms with E-state index in [-0.39, 0.29) is 5.92 Å². The monoisotopic (exact) mass is 278 g/mol. The standard InChI is InChI=1S/C15H19ClN2O/c1-10(12-7-5-4-6-8-12)14(19)9-13-15(16)11(2)17-18(13)3/h4-8,10,14,19H,9H2,1-3H3. The molecule has 4 heteroatoms. The summed E-state index contributed by atoms with van der Waals surface area (Å²) >= 11 is 6.21. The second-order valence-corrected chi connectivity index (χ2v) is 5.32. The summed E-state index contributed by atoms with van der Waals surface area (Å²) in [5.41, 5.74) is 2.82. The zero-order chi connectivity index (χ0) is 14.0. The van der Waals surface area contributed by atoms with Crippen LogP contribution in [0.15, 0.2) is 30.3 Å². The Hall–Kier alpha value is -1.32. The van der Waals surface area contributed by atoms with Crippen molar-refractivity contribution in [2.45, 2.75) is 32.3 Å². The Kier molecular flexibility index (Phi) is 4.27. The summed E-state index contributed by atoms with van der Waals surface area (Å²) in [4.78, 5) is 0. The molecule has 2 unspecified atom stereocenters. The lowest BCUT2D eigenvalue weighted by Crippen LogP contribution is -2.20. The van der Waals surface area contributed by atoms with Gasteiger partial charge in [-0.15, -0.1) is 0 Å². The van der Waals surface area contributed by atoms with Crippen molar-refractivity contribution in [3.8, 4) is 0 Å². The average Bonchev–Trinajstić information content (AvgIpc) is 2.65. The van der Waals surface area contributed by atoms with E-state index in [0.717, 1.165) is 17.0 Å². The maximum Gasteiger partial charge on any atom is 0.0847 e. The molecule has 2 rings (SSSR count). The van der Waals surface area contributed by atoms with E-state index in [1.54, 1.807) is 4.68 Å². The lowest BCUT2D eigenvalue weighted by atomic mass is 9.92. The Morgan fingerprint density at radius 2 is 1.95 bits per heavy atom. The molecule has 0 aliphatic heterocycles. The van der Waals surface area contributed by atoms with Gasteiger partial charge in [-0.3, -0.25) is 4.68 Å². The van der Waals surface area contributed by atoms with E-state index >= 15 is 0 Å². The topological polar surface area (TPSA) is 38.0 Å². The highest BCUT2D eigenvalue weighted by atomic mass is 35.5. The molecule has 0 aliphatic rings. The van der Waals surface area contributed by atoms with Gasteiger partial charge in [-0.2, -0.15) is 5.10 Å². The molecule has 1 aromatic heterocycles. The molecule has 1 N–H and O–H groups in total. The molecule has 0 bridgehead atoms. The van der Waals surface area contributed by atoms with Crippen molar-refractivity contribution < 1.29 is 5.11 Å². The minimum absolute atomic E-state index is 0.0625. The van der Waals surface area contributed by atoms with Crippen molar-refractivity contribution in [3.05, 3.63) is 52.3 Å². The lowest BCUT2D eigenvalue weighted by molar-refractivity contribution is 0.147. The van der Waals surface area contributed by atoms with Crippen LogP contribution in [0, 0.1) is 6.92 Å². The average molecular weight is 279 g/mol. The minimum atomic E-state index is -0.477. The van der Waals surface area contributed by atoms with Crippen LogP contribution in [0.5, 0.6) is 0 Å². The van der Waals surface area contributed by atoms with Crippen molar-refractivity contribution in [2.24, 2.45) is 7.05 Å². The van der Waals surface area contributed by atoms with E-state index in [4.69, 9.17) is 11.6 Å². The third-order valence-corrected chi connectivity index (χ3v) is 4.06. The van der Waals surface area contributed by atoms with E-state index in [0.29, 0.717) is 11.4 Å². The Balaban J connectivity index is 2.15. The van der Waals surface area contributed by atoms with Crippen molar-refractivity contribution in [3.63, 3.8) is 0 Å². The quantitative estimate of drug-likeness (QED) is 0.933. The number of benzene rings is 1. The first kappa shape index (κ1) is 14.1. The lowest BCUT2D eigenvalue weighted by Gasteiger charge is -2.19. The molecule has 0 fully saturated rings. The van der Waals surface area contributed by atoms with Gasteiger partial charge in [0.15, 0.2) is 0 Å². The van der Waals surface area contributed by atoms with Crippen LogP contribution in [0.3, 0.4) is 0 Å². The van der Waals surface area contributed by atoms with Gasteiger partial charge in [0.05, 0.1) is 22.5 Å². The van der Waals surface area contributed by atoms with E-state index in [1.165, 1.54) is 0 Å². The molecule has 0 radical (unpaired) electrons. The van der Waals surface area contributed by atoms with E-state index in [1.807, 2.05) is 51.2 Å². The first-order valence-corrected chi connectivity index (χ1v) is 6.79. The Bertz CT molecular complexity index is 551. The first-order valence-electron chi connectivity index (χ1n) is 6.41. The van der Waals surface area contributed by atoms with Gasteiger partial charge < -0.3 is 5.11 Å². The van der Waals surface area contributed by atoms with Crippen LogP contribution < -0.4 is 0 Å². The summed E-state index contributed by atoms with van der Waals surface area (Å²) in [5, 5.41) is 15.3. The van der Waals surface area contributed by atoms with E-state index < -0.39 is 6.10 Å². The van der Waals surface area contributed by atoms with Crippen molar-refractivity contribution in [1.82, 2.24) is 9.78 Å². The molecule has 0 saturated carbocycles. The van der Waals surface area contributed by atoms with Crippen LogP contribution in [-0.2, 0) is 13.5 Å². The number of hydrogen-bond donors (Lipinski definition) is 1. The molecule has 1 aromatic carbocycles. The number of nitrogens with zero attached hydrogens (tertiary/aromatic N) is 2. The summed E-state index contributed by atoms with van der Waals surface area (Å²) in [6.45, 7) is 3.90. The molecule has 2 atom stereocenters. The number of aliphatic hydroxyl groups is 1. The molecule has 0 spiro atoms. The predicted molar refractivity (Wildman–Crippen MR) is 77.5 cm³/mol. The van der Waals surface area contributed by atoms with Crippen LogP contribution in [0.1, 0.15) is 29.8 Å². The fraction of sp³-hybridized carbons (Fsp3) is 0.400. The molecule has 0 amide bonds. The van der Waals surface area contributed by atoms with E-state index in [9.17, 15) is 5.11 Å². The third-order valence-electron chi connectivity index (χ3n) is 3.57. The largest absolute Gasteiger partial charge is 0.392 e. The van der Waals surface area contributed by atoms with Crippen LogP contribution in [0.25, 0.3) is 0 Å². The molecule has 1 heterocycles. The number of rotatable bonds is 4. The van der Waals surface area contributed by atoms with Gasteiger partial charge in [-0.05, 0) is 12.5 Å².